The van der Waals surface area contributed by atoms with E-state index in [1.54, 1.807) is 18.2 Å². The van der Waals surface area contributed by atoms with Gasteiger partial charge in [0.1, 0.15) is 17.2 Å². The monoisotopic (exact) mass is 478 g/mol. The standard InChI is InChI=1S/C22H20F2N2O6S/c1-30-16-10-14(11-17(12-16)31-2)19(27)25-7-8-26-20(28)18(33-22(26)29)9-13-3-5-15(6-4-13)32-21(23)24/h3-6,9-12,21H,7-8H2,1-2H3,(H,25,27)/b18-9+. The van der Waals surface area contributed by atoms with Crippen molar-refractivity contribution in [1.82, 2.24) is 10.2 Å². The Bertz CT molecular complexity index is 1050. The van der Waals surface area contributed by atoms with E-state index in [4.69, 9.17) is 9.47 Å². The van der Waals surface area contributed by atoms with Gasteiger partial charge in [-0.25, -0.2) is 0 Å². The van der Waals surface area contributed by atoms with Gasteiger partial charge in [-0.05, 0) is 47.7 Å². The third-order valence-corrected chi connectivity index (χ3v) is 5.42. The number of nitrogens with zero attached hydrogens (tertiary/aromatic N) is 1. The summed E-state index contributed by atoms with van der Waals surface area (Å²) in [6.45, 7) is -2.90. The maximum absolute atomic E-state index is 12.6. The number of imide groups is 1. The molecule has 1 fully saturated rings. The van der Waals surface area contributed by atoms with Crippen molar-refractivity contribution in [3.05, 3.63) is 58.5 Å². The quantitative estimate of drug-likeness (QED) is 0.549. The first-order chi connectivity index (χ1) is 15.8. The molecule has 0 saturated carbocycles. The van der Waals surface area contributed by atoms with Crippen molar-refractivity contribution in [2.45, 2.75) is 6.61 Å². The van der Waals surface area contributed by atoms with Gasteiger partial charge in [0.05, 0.1) is 19.1 Å². The Hall–Kier alpha value is -3.60. The van der Waals surface area contributed by atoms with Crippen molar-refractivity contribution in [3.63, 3.8) is 0 Å². The Morgan fingerprint density at radius 3 is 2.27 bits per heavy atom. The molecule has 8 nitrogen and oxygen atoms in total. The number of alkyl halides is 2. The van der Waals surface area contributed by atoms with Crippen molar-refractivity contribution < 1.29 is 37.4 Å². The first-order valence-corrected chi connectivity index (χ1v) is 10.4. The highest BCUT2D eigenvalue weighted by molar-refractivity contribution is 8.18. The van der Waals surface area contributed by atoms with E-state index >= 15 is 0 Å². The molecule has 1 heterocycles. The third-order valence-electron chi connectivity index (χ3n) is 4.51. The molecule has 3 rings (SSSR count). The Morgan fingerprint density at radius 2 is 1.70 bits per heavy atom. The molecule has 1 aliphatic heterocycles. The highest BCUT2D eigenvalue weighted by Crippen LogP contribution is 2.32. The highest BCUT2D eigenvalue weighted by atomic mass is 32.2. The molecule has 1 saturated heterocycles. The minimum Gasteiger partial charge on any atom is -0.497 e. The summed E-state index contributed by atoms with van der Waals surface area (Å²) in [6, 6.07) is 10.4. The Kier molecular flexibility index (Phi) is 7.88. The molecule has 0 spiro atoms. The highest BCUT2D eigenvalue weighted by Gasteiger charge is 2.34. The second-order valence-electron chi connectivity index (χ2n) is 6.64. The average Bonchev–Trinajstić information content (AvgIpc) is 3.06. The number of amides is 3. The van der Waals surface area contributed by atoms with Crippen molar-refractivity contribution in [1.29, 1.82) is 0 Å². The van der Waals surface area contributed by atoms with Crippen LogP contribution in [-0.4, -0.2) is 55.9 Å². The molecule has 2 aromatic rings. The van der Waals surface area contributed by atoms with Crippen LogP contribution in [0.15, 0.2) is 47.4 Å². The maximum Gasteiger partial charge on any atom is 0.387 e. The predicted octanol–water partition coefficient (Wildman–Crippen LogP) is 3.77. The molecular weight excluding hydrogens is 458 g/mol. The first kappa shape index (κ1) is 24.1. The van der Waals surface area contributed by atoms with Crippen molar-refractivity contribution in [2.24, 2.45) is 0 Å². The third kappa shape index (κ3) is 6.22. The number of hydrogen-bond donors (Lipinski definition) is 1. The lowest BCUT2D eigenvalue weighted by Gasteiger charge is -2.13. The molecule has 3 amide bonds. The summed E-state index contributed by atoms with van der Waals surface area (Å²) in [7, 11) is 2.94. The number of carbonyl (C=O) groups excluding carboxylic acids is 3. The number of carbonyl (C=O) groups is 3. The molecule has 2 aromatic carbocycles. The molecule has 174 valence electrons. The second kappa shape index (κ2) is 10.8. The number of hydrogen-bond acceptors (Lipinski definition) is 7. The van der Waals surface area contributed by atoms with Gasteiger partial charge in [0, 0.05) is 24.7 Å². The van der Waals surface area contributed by atoms with Crippen LogP contribution >= 0.6 is 11.8 Å². The summed E-state index contributed by atoms with van der Waals surface area (Å²) in [5, 5.41) is 2.18. The van der Waals surface area contributed by atoms with Crippen LogP contribution in [-0.2, 0) is 4.79 Å². The van der Waals surface area contributed by atoms with Crippen LogP contribution in [0.4, 0.5) is 13.6 Å². The number of rotatable bonds is 9. The van der Waals surface area contributed by atoms with Gasteiger partial charge in [-0.3, -0.25) is 19.3 Å². The van der Waals surface area contributed by atoms with Crippen LogP contribution in [0.3, 0.4) is 0 Å². The summed E-state index contributed by atoms with van der Waals surface area (Å²) in [6.07, 6.45) is 1.48. The SMILES string of the molecule is COc1cc(OC)cc(C(=O)NCCN2C(=O)S/C(=C/c3ccc(OC(F)F)cc3)C2=O)c1. The number of thioether (sulfide) groups is 1. The molecule has 0 aromatic heterocycles. The van der Waals surface area contributed by atoms with Gasteiger partial charge < -0.3 is 19.5 Å². The zero-order valence-corrected chi connectivity index (χ0v) is 18.5. The molecule has 0 aliphatic carbocycles. The number of methoxy groups -OCH3 is 2. The fourth-order valence-electron chi connectivity index (χ4n) is 2.91. The first-order valence-electron chi connectivity index (χ1n) is 9.62. The molecule has 1 N–H and O–H groups in total. The van der Waals surface area contributed by atoms with E-state index in [9.17, 15) is 23.2 Å². The van der Waals surface area contributed by atoms with E-state index in [-0.39, 0.29) is 23.7 Å². The smallest absolute Gasteiger partial charge is 0.387 e. The van der Waals surface area contributed by atoms with Gasteiger partial charge in [0.15, 0.2) is 0 Å². The van der Waals surface area contributed by atoms with Crippen molar-refractivity contribution >= 4 is 34.9 Å². The lowest BCUT2D eigenvalue weighted by molar-refractivity contribution is -0.122. The van der Waals surface area contributed by atoms with Gasteiger partial charge in [-0.15, -0.1) is 0 Å². The minimum absolute atomic E-state index is 0.0142. The lowest BCUT2D eigenvalue weighted by atomic mass is 10.2. The molecule has 0 atom stereocenters. The van der Waals surface area contributed by atoms with Gasteiger partial charge >= 0.3 is 6.61 Å². The lowest BCUT2D eigenvalue weighted by Crippen LogP contribution is -2.37. The number of nitrogens with one attached hydrogen (secondary N) is 1. The number of benzene rings is 2. The normalized spacial score (nSPS) is 14.7. The molecule has 0 radical (unpaired) electrons. The van der Waals surface area contributed by atoms with E-state index in [2.05, 4.69) is 10.1 Å². The predicted molar refractivity (Wildman–Crippen MR) is 118 cm³/mol. The summed E-state index contributed by atoms with van der Waals surface area (Å²) in [4.78, 5) is 38.5. The summed E-state index contributed by atoms with van der Waals surface area (Å²) < 4.78 is 39.0. The van der Waals surface area contributed by atoms with Gasteiger partial charge in [0.2, 0.25) is 0 Å². The molecule has 0 bridgehead atoms. The van der Waals surface area contributed by atoms with Crippen molar-refractivity contribution in [3.8, 4) is 17.2 Å². The molecule has 11 heteroatoms. The van der Waals surface area contributed by atoms with Crippen LogP contribution in [0.2, 0.25) is 0 Å². The van der Waals surface area contributed by atoms with Gasteiger partial charge in [-0.2, -0.15) is 8.78 Å². The summed E-state index contributed by atoms with van der Waals surface area (Å²) in [5.41, 5.74) is 0.849. The fourth-order valence-corrected chi connectivity index (χ4v) is 3.78. The van der Waals surface area contributed by atoms with Crippen LogP contribution in [0.1, 0.15) is 15.9 Å². The van der Waals surface area contributed by atoms with Gasteiger partial charge in [-0.1, -0.05) is 12.1 Å². The van der Waals surface area contributed by atoms with Crippen LogP contribution in [0.5, 0.6) is 17.2 Å². The molecule has 33 heavy (non-hydrogen) atoms. The Labute approximate surface area is 192 Å². The van der Waals surface area contributed by atoms with E-state index in [0.717, 1.165) is 16.7 Å². The molecule has 1 aliphatic rings. The van der Waals surface area contributed by atoms with E-state index in [0.29, 0.717) is 22.6 Å². The maximum atomic E-state index is 12.6. The van der Waals surface area contributed by atoms with Crippen molar-refractivity contribution in [2.75, 3.05) is 27.3 Å². The second-order valence-corrected chi connectivity index (χ2v) is 7.63. The van der Waals surface area contributed by atoms with Crippen LogP contribution in [0, 0.1) is 0 Å². The Morgan fingerprint density at radius 1 is 1.06 bits per heavy atom. The minimum atomic E-state index is -2.93. The zero-order chi connectivity index (χ0) is 24.0. The molecule has 0 unspecified atom stereocenters. The zero-order valence-electron chi connectivity index (χ0n) is 17.7. The average molecular weight is 478 g/mol. The van der Waals surface area contributed by atoms with Gasteiger partial charge in [0.25, 0.3) is 17.1 Å². The topological polar surface area (TPSA) is 94.2 Å². The van der Waals surface area contributed by atoms with Crippen LogP contribution < -0.4 is 19.5 Å². The van der Waals surface area contributed by atoms with E-state index < -0.39 is 23.7 Å². The fraction of sp³-hybridized carbons (Fsp3) is 0.227. The van der Waals surface area contributed by atoms with E-state index in [1.165, 1.54) is 44.6 Å². The van der Waals surface area contributed by atoms with Crippen LogP contribution in [0.25, 0.3) is 6.08 Å². The Balaban J connectivity index is 1.59. The number of ether oxygens (including phenoxy) is 3. The number of halogens is 2. The molecular formula is C22H20F2N2O6S. The summed E-state index contributed by atoms with van der Waals surface area (Å²) >= 11 is 0.758. The van der Waals surface area contributed by atoms with E-state index in [1.807, 2.05) is 0 Å². The largest absolute Gasteiger partial charge is 0.497 e. The summed E-state index contributed by atoms with van der Waals surface area (Å²) in [5.74, 6) is -0.0376.